The van der Waals surface area contributed by atoms with Gasteiger partial charge in [0.2, 0.25) is 11.7 Å². The van der Waals surface area contributed by atoms with Gasteiger partial charge < -0.3 is 9.80 Å². The molecule has 1 aliphatic rings. The molecule has 12 heteroatoms. The minimum Gasteiger partial charge on any atom is -0.331 e. The number of aromatic nitrogens is 6. The highest BCUT2D eigenvalue weighted by molar-refractivity contribution is 9.10. The van der Waals surface area contributed by atoms with Crippen LogP contribution in [0, 0.1) is 0 Å². The molecule has 5 rings (SSSR count). The number of halogens is 1. The van der Waals surface area contributed by atoms with Gasteiger partial charge >= 0.3 is 0 Å². The number of nitrogens with zero attached hydrogens (tertiary/aromatic N) is 8. The largest absolute Gasteiger partial charge is 0.331 e. The Hall–Kier alpha value is -3.90. The van der Waals surface area contributed by atoms with Gasteiger partial charge in [-0.25, -0.2) is 15.0 Å². The van der Waals surface area contributed by atoms with E-state index in [1.54, 1.807) is 47.8 Å². The van der Waals surface area contributed by atoms with Crippen molar-refractivity contribution in [3.8, 4) is 11.3 Å². The lowest BCUT2D eigenvalue weighted by molar-refractivity contribution is -0.132. The number of carbonyl (C=O) groups is 3. The van der Waals surface area contributed by atoms with Crippen LogP contribution in [0.5, 0.6) is 0 Å². The average Bonchev–Trinajstić information content (AvgIpc) is 3.54. The van der Waals surface area contributed by atoms with Crippen LogP contribution in [0.25, 0.3) is 22.2 Å². The zero-order valence-electron chi connectivity index (χ0n) is 21.8. The summed E-state index contributed by atoms with van der Waals surface area (Å²) in [6.45, 7) is 2.40. The molecule has 200 valence electrons. The fourth-order valence-electron chi connectivity index (χ4n) is 4.73. The van der Waals surface area contributed by atoms with Crippen LogP contribution in [0.1, 0.15) is 46.6 Å². The summed E-state index contributed by atoms with van der Waals surface area (Å²) >= 11 is 3.30. The molecule has 0 saturated carbocycles. The van der Waals surface area contributed by atoms with E-state index in [0.717, 1.165) is 6.42 Å². The molecular weight excluding hydrogens is 564 g/mol. The Kier molecular flexibility index (Phi) is 7.58. The number of amides is 1. The molecule has 5 heterocycles. The van der Waals surface area contributed by atoms with E-state index in [1.165, 1.54) is 11.6 Å². The molecule has 11 nitrogen and oxygen atoms in total. The van der Waals surface area contributed by atoms with E-state index < -0.39 is 6.04 Å². The Balaban J connectivity index is 1.41. The van der Waals surface area contributed by atoms with E-state index in [2.05, 4.69) is 41.0 Å². The number of Topliss-reactive ketones (excluding diaryl/α,β-unsaturated/α-hetero) is 2. The van der Waals surface area contributed by atoms with Gasteiger partial charge in [0, 0.05) is 36.8 Å². The molecule has 1 atom stereocenters. The van der Waals surface area contributed by atoms with Gasteiger partial charge in [-0.05, 0) is 61.1 Å². The number of hydrogen-bond acceptors (Lipinski definition) is 9. The van der Waals surface area contributed by atoms with Gasteiger partial charge in [-0.1, -0.05) is 6.07 Å². The molecule has 4 aromatic rings. The van der Waals surface area contributed by atoms with Gasteiger partial charge in [-0.15, -0.1) is 0 Å². The first-order chi connectivity index (χ1) is 18.7. The Labute approximate surface area is 233 Å². The summed E-state index contributed by atoms with van der Waals surface area (Å²) in [7, 11) is 3.89. The van der Waals surface area contributed by atoms with Gasteiger partial charge in [0.05, 0.1) is 30.0 Å². The van der Waals surface area contributed by atoms with Crippen molar-refractivity contribution in [1.29, 1.82) is 0 Å². The van der Waals surface area contributed by atoms with Crippen molar-refractivity contribution in [2.75, 3.05) is 20.6 Å². The molecule has 0 aromatic carbocycles. The summed E-state index contributed by atoms with van der Waals surface area (Å²) < 4.78 is 2.05. The minimum atomic E-state index is -0.589. The quantitative estimate of drug-likeness (QED) is 0.224. The predicted molar refractivity (Wildman–Crippen MR) is 147 cm³/mol. The fourth-order valence-corrected chi connectivity index (χ4v) is 5.08. The van der Waals surface area contributed by atoms with Gasteiger partial charge in [0.15, 0.2) is 5.78 Å². The first-order valence-corrected chi connectivity index (χ1v) is 13.3. The van der Waals surface area contributed by atoms with Crippen molar-refractivity contribution in [3.05, 3.63) is 64.7 Å². The maximum atomic E-state index is 13.4. The van der Waals surface area contributed by atoms with Crippen molar-refractivity contribution >= 4 is 44.3 Å². The average molecular weight is 591 g/mol. The van der Waals surface area contributed by atoms with E-state index in [4.69, 9.17) is 0 Å². The summed E-state index contributed by atoms with van der Waals surface area (Å²) in [6.07, 6.45) is 6.29. The lowest BCUT2D eigenvalue weighted by Crippen LogP contribution is -2.42. The van der Waals surface area contributed by atoms with Crippen molar-refractivity contribution in [3.63, 3.8) is 0 Å². The SMILES string of the molecule is CC(=O)c1nn(CC(=O)N2CCC[C@H]2C(=O)c2cccc(Br)n2)c2cnc(-c3cnc(CN(C)C)nc3)cc12. The Morgan fingerprint density at radius 2 is 1.87 bits per heavy atom. The maximum absolute atomic E-state index is 13.4. The molecule has 0 N–H and O–H groups in total. The first kappa shape index (κ1) is 26.7. The highest BCUT2D eigenvalue weighted by Gasteiger charge is 2.35. The van der Waals surface area contributed by atoms with Gasteiger partial charge in [-0.3, -0.25) is 24.0 Å². The highest BCUT2D eigenvalue weighted by atomic mass is 79.9. The Morgan fingerprint density at radius 1 is 1.10 bits per heavy atom. The second-order valence-corrected chi connectivity index (χ2v) is 10.5. The predicted octanol–water partition coefficient (Wildman–Crippen LogP) is 3.18. The maximum Gasteiger partial charge on any atom is 0.244 e. The summed E-state index contributed by atoms with van der Waals surface area (Å²) in [6, 6.07) is 6.32. The zero-order chi connectivity index (χ0) is 27.7. The van der Waals surface area contributed by atoms with Crippen molar-refractivity contribution < 1.29 is 14.4 Å². The minimum absolute atomic E-state index is 0.122. The molecule has 0 unspecified atom stereocenters. The van der Waals surface area contributed by atoms with E-state index in [-0.39, 0.29) is 29.7 Å². The molecule has 0 aliphatic carbocycles. The topological polar surface area (TPSA) is 127 Å². The molecule has 1 amide bonds. The summed E-state index contributed by atoms with van der Waals surface area (Å²) in [5.74, 6) is 0.0159. The van der Waals surface area contributed by atoms with Crippen molar-refractivity contribution in [2.24, 2.45) is 0 Å². The van der Waals surface area contributed by atoms with Crippen molar-refractivity contribution in [2.45, 2.75) is 38.9 Å². The smallest absolute Gasteiger partial charge is 0.244 e. The second kappa shape index (κ2) is 11.1. The number of rotatable bonds is 8. The van der Waals surface area contributed by atoms with Crippen molar-refractivity contribution in [1.82, 2.24) is 39.5 Å². The lowest BCUT2D eigenvalue weighted by atomic mass is 10.1. The van der Waals surface area contributed by atoms with Gasteiger partial charge in [0.25, 0.3) is 0 Å². The third kappa shape index (κ3) is 5.62. The summed E-state index contributed by atoms with van der Waals surface area (Å²) in [4.78, 5) is 60.2. The lowest BCUT2D eigenvalue weighted by Gasteiger charge is -2.23. The second-order valence-electron chi connectivity index (χ2n) is 9.73. The van der Waals surface area contributed by atoms with E-state index in [0.29, 0.717) is 57.8 Å². The van der Waals surface area contributed by atoms with Crippen LogP contribution in [-0.4, -0.2) is 83.7 Å². The third-order valence-corrected chi connectivity index (χ3v) is 7.00. The van der Waals surface area contributed by atoms with Crippen LogP contribution in [0.2, 0.25) is 0 Å². The standard InChI is InChI=1S/C27H27BrN8O3/c1-16(37)26-18-10-20(17-11-30-24(31-12-17)14-34(2)3)29-13-22(18)36(33-26)15-25(38)35-9-5-7-21(35)27(39)19-6-4-8-23(28)32-19/h4,6,8,10-13,21H,5,7,9,14-15H2,1-3H3/t21-/m0/s1. The van der Waals surface area contributed by atoms with Gasteiger partial charge in [0.1, 0.15) is 28.4 Å². The molecule has 0 spiro atoms. The molecular formula is C27H27BrN8O3. The Morgan fingerprint density at radius 3 is 2.56 bits per heavy atom. The third-order valence-electron chi connectivity index (χ3n) is 6.56. The molecule has 39 heavy (non-hydrogen) atoms. The van der Waals surface area contributed by atoms with Crippen LogP contribution in [0.3, 0.4) is 0 Å². The number of carbonyl (C=O) groups excluding carboxylic acids is 3. The van der Waals surface area contributed by atoms with Crippen LogP contribution in [-0.2, 0) is 17.9 Å². The molecule has 1 aliphatic heterocycles. The van der Waals surface area contributed by atoms with E-state index >= 15 is 0 Å². The monoisotopic (exact) mass is 590 g/mol. The number of ketones is 2. The van der Waals surface area contributed by atoms with Crippen LogP contribution in [0.4, 0.5) is 0 Å². The fraction of sp³-hybridized carbons (Fsp3) is 0.333. The normalized spacial score (nSPS) is 15.3. The molecule has 4 aromatic heterocycles. The summed E-state index contributed by atoms with van der Waals surface area (Å²) in [5.41, 5.74) is 2.42. The number of hydrogen-bond donors (Lipinski definition) is 0. The number of likely N-dealkylation sites (tertiary alicyclic amines) is 1. The van der Waals surface area contributed by atoms with E-state index in [9.17, 15) is 14.4 Å². The molecule has 0 bridgehead atoms. The zero-order valence-corrected chi connectivity index (χ0v) is 23.4. The van der Waals surface area contributed by atoms with Gasteiger partial charge in [-0.2, -0.15) is 5.10 Å². The molecule has 1 saturated heterocycles. The Bertz CT molecular complexity index is 1570. The molecule has 0 radical (unpaired) electrons. The van der Waals surface area contributed by atoms with E-state index in [1.807, 2.05) is 19.0 Å². The number of fused-ring (bicyclic) bond motifs is 1. The number of pyridine rings is 2. The van der Waals surface area contributed by atoms with Crippen LogP contribution >= 0.6 is 15.9 Å². The summed E-state index contributed by atoms with van der Waals surface area (Å²) in [5, 5.41) is 5.05. The van der Waals surface area contributed by atoms with Crippen LogP contribution < -0.4 is 0 Å². The first-order valence-electron chi connectivity index (χ1n) is 12.5. The van der Waals surface area contributed by atoms with Crippen LogP contribution in [0.15, 0.2) is 47.5 Å². The highest BCUT2D eigenvalue weighted by Crippen LogP contribution is 2.26. The molecule has 1 fully saturated rings.